The van der Waals surface area contributed by atoms with E-state index in [1.807, 2.05) is 30.3 Å². The Hall–Kier alpha value is -2.54. The molecule has 0 bridgehead atoms. The lowest BCUT2D eigenvalue weighted by atomic mass is 10.00. The second-order valence-electron chi connectivity index (χ2n) is 9.26. The topological polar surface area (TPSA) is 62.2 Å². The number of ether oxygens (including phenoxy) is 2. The summed E-state index contributed by atoms with van der Waals surface area (Å²) in [7, 11) is 0. The van der Waals surface area contributed by atoms with Crippen molar-refractivity contribution in [1.82, 2.24) is 4.90 Å². The summed E-state index contributed by atoms with van der Waals surface area (Å²) in [6.07, 6.45) is 1.05. The predicted octanol–water partition coefficient (Wildman–Crippen LogP) is 6.60. The number of hydrogen-bond donors (Lipinski definition) is 2. The summed E-state index contributed by atoms with van der Waals surface area (Å²) in [4.78, 5) is 3.41. The lowest BCUT2D eigenvalue weighted by Gasteiger charge is -2.34. The van der Waals surface area contributed by atoms with E-state index in [-0.39, 0.29) is 35.3 Å². The number of phenols is 2. The van der Waals surface area contributed by atoms with E-state index in [1.165, 1.54) is 6.42 Å². The van der Waals surface area contributed by atoms with E-state index >= 15 is 0 Å². The Morgan fingerprint density at radius 3 is 2.31 bits per heavy atom. The molecular weight excluding hydrogens is 482 g/mol. The van der Waals surface area contributed by atoms with Gasteiger partial charge < -0.3 is 19.7 Å². The molecule has 7 heteroatoms. The Kier molecular flexibility index (Phi) is 8.05. The maximum atomic E-state index is 9.94. The molecule has 1 fully saturated rings. The third-order valence-electron chi connectivity index (χ3n) is 7.06. The van der Waals surface area contributed by atoms with Gasteiger partial charge in [0.05, 0.1) is 10.1 Å². The van der Waals surface area contributed by atoms with Crippen molar-refractivity contribution in [3.8, 4) is 23.0 Å². The van der Waals surface area contributed by atoms with Gasteiger partial charge in [-0.15, -0.1) is 24.2 Å². The average molecular weight is 514 g/mol. The zero-order valence-electron chi connectivity index (χ0n) is 20.0. The third-order valence-corrected chi connectivity index (χ3v) is 8.41. The molecule has 2 N–H and O–H groups in total. The van der Waals surface area contributed by atoms with Crippen LogP contribution in [0.4, 0.5) is 0 Å². The van der Waals surface area contributed by atoms with Gasteiger partial charge in [-0.25, -0.2) is 0 Å². The maximum absolute atomic E-state index is 9.94. The molecule has 5 rings (SSSR count). The van der Waals surface area contributed by atoms with E-state index < -0.39 is 0 Å². The normalized spacial score (nSPS) is 23.7. The quantitative estimate of drug-likeness (QED) is 0.387. The summed E-state index contributed by atoms with van der Waals surface area (Å²) in [5.74, 6) is 2.83. The molecule has 0 saturated carbocycles. The Bertz CT molecular complexity index is 1120. The molecule has 3 aromatic rings. The van der Waals surface area contributed by atoms with E-state index in [0.29, 0.717) is 12.6 Å². The van der Waals surface area contributed by atoms with Crippen LogP contribution >= 0.6 is 24.2 Å². The summed E-state index contributed by atoms with van der Waals surface area (Å²) in [6.45, 7) is 7.40. The van der Waals surface area contributed by atoms with Crippen molar-refractivity contribution < 1.29 is 19.7 Å². The van der Waals surface area contributed by atoms with Crippen LogP contribution in [0.3, 0.4) is 0 Å². The van der Waals surface area contributed by atoms with Crippen LogP contribution in [0.5, 0.6) is 23.0 Å². The van der Waals surface area contributed by atoms with Crippen molar-refractivity contribution >= 4 is 24.2 Å². The van der Waals surface area contributed by atoms with Crippen molar-refractivity contribution in [1.29, 1.82) is 0 Å². The lowest BCUT2D eigenvalue weighted by Crippen LogP contribution is -2.33. The standard InChI is InChI=1S/C28H31NO4S.ClH/c1-18-13-14-29(19(18)2)15-16-32-24-10-5-20(6-11-24)27-28(21-3-7-22(30)8-4-21)34-26-17-23(31)9-12-25(26)33-27;/h3-12,17-19,27-28,30-31H,13-16H2,1-2H3;1H/t18-,19-,27+,28-;/m1./s1. The molecule has 0 spiro atoms. The van der Waals surface area contributed by atoms with Crippen molar-refractivity contribution in [3.63, 3.8) is 0 Å². The van der Waals surface area contributed by atoms with E-state index in [0.717, 1.165) is 46.5 Å². The monoisotopic (exact) mass is 513 g/mol. The van der Waals surface area contributed by atoms with Crippen molar-refractivity contribution in [2.24, 2.45) is 5.92 Å². The number of rotatable bonds is 6. The van der Waals surface area contributed by atoms with Crippen LogP contribution in [-0.2, 0) is 0 Å². The van der Waals surface area contributed by atoms with Crippen LogP contribution in [0.15, 0.2) is 71.6 Å². The van der Waals surface area contributed by atoms with Crippen LogP contribution in [0.1, 0.15) is 42.7 Å². The number of halogens is 1. The zero-order chi connectivity index (χ0) is 23.7. The largest absolute Gasteiger partial charge is 0.508 e. The van der Waals surface area contributed by atoms with E-state index in [4.69, 9.17) is 9.47 Å². The highest BCUT2D eigenvalue weighted by atomic mass is 35.5. The molecule has 0 amide bonds. The molecule has 2 aliphatic rings. The van der Waals surface area contributed by atoms with E-state index in [2.05, 4.69) is 30.9 Å². The molecule has 4 atom stereocenters. The number of aromatic hydroxyl groups is 2. The zero-order valence-corrected chi connectivity index (χ0v) is 21.6. The molecule has 0 aliphatic carbocycles. The van der Waals surface area contributed by atoms with Crippen LogP contribution in [0, 0.1) is 5.92 Å². The lowest BCUT2D eigenvalue weighted by molar-refractivity contribution is 0.189. The van der Waals surface area contributed by atoms with Gasteiger partial charge in [0.15, 0.2) is 0 Å². The average Bonchev–Trinajstić information content (AvgIpc) is 3.16. The molecule has 3 aromatic carbocycles. The number of likely N-dealkylation sites (tertiary alicyclic amines) is 1. The fourth-order valence-electron chi connectivity index (χ4n) is 4.76. The van der Waals surface area contributed by atoms with Gasteiger partial charge in [0.2, 0.25) is 0 Å². The molecule has 2 aliphatic heterocycles. The van der Waals surface area contributed by atoms with Gasteiger partial charge in [0.25, 0.3) is 0 Å². The Morgan fingerprint density at radius 2 is 1.63 bits per heavy atom. The SMILES string of the molecule is C[C@@H]1CCN(CCOc2ccc([C@@H]3Oc4ccc(O)cc4S[C@@H]3c3ccc(O)cc3)cc2)[C@@H]1C.Cl. The first-order valence-corrected chi connectivity index (χ1v) is 12.8. The molecule has 186 valence electrons. The first kappa shape index (κ1) is 25.5. The summed E-state index contributed by atoms with van der Waals surface area (Å²) < 4.78 is 12.5. The van der Waals surface area contributed by atoms with Gasteiger partial charge in [-0.2, -0.15) is 0 Å². The minimum absolute atomic E-state index is 0. The van der Waals surface area contributed by atoms with E-state index in [1.54, 1.807) is 36.0 Å². The Labute approximate surface area is 217 Å². The number of thioether (sulfide) groups is 1. The minimum Gasteiger partial charge on any atom is -0.508 e. The number of benzene rings is 3. The van der Waals surface area contributed by atoms with Crippen molar-refractivity contribution in [2.45, 2.75) is 42.6 Å². The highest BCUT2D eigenvalue weighted by Crippen LogP contribution is 2.54. The number of hydrogen-bond acceptors (Lipinski definition) is 6. The molecule has 1 saturated heterocycles. The fraction of sp³-hybridized carbons (Fsp3) is 0.357. The molecular formula is C28H32ClNO4S. The molecule has 0 radical (unpaired) electrons. The van der Waals surface area contributed by atoms with Gasteiger partial charge in [0, 0.05) is 12.6 Å². The first-order valence-electron chi connectivity index (χ1n) is 11.9. The van der Waals surface area contributed by atoms with Crippen molar-refractivity contribution in [3.05, 3.63) is 77.9 Å². The molecule has 35 heavy (non-hydrogen) atoms. The fourth-order valence-corrected chi connectivity index (χ4v) is 6.08. The highest BCUT2D eigenvalue weighted by Gasteiger charge is 2.34. The van der Waals surface area contributed by atoms with Gasteiger partial charge in [0.1, 0.15) is 35.7 Å². The number of nitrogens with zero attached hydrogens (tertiary/aromatic N) is 1. The summed E-state index contributed by atoms with van der Waals surface area (Å²) >= 11 is 1.66. The van der Waals surface area contributed by atoms with Crippen LogP contribution in [0.25, 0.3) is 0 Å². The third kappa shape index (κ3) is 5.66. The second-order valence-corrected chi connectivity index (χ2v) is 10.4. The van der Waals surface area contributed by atoms with Gasteiger partial charge in [-0.05, 0) is 79.4 Å². The van der Waals surface area contributed by atoms with Gasteiger partial charge in [-0.1, -0.05) is 31.2 Å². The Morgan fingerprint density at radius 1 is 0.943 bits per heavy atom. The smallest absolute Gasteiger partial charge is 0.140 e. The van der Waals surface area contributed by atoms with Crippen LogP contribution in [0.2, 0.25) is 0 Å². The maximum Gasteiger partial charge on any atom is 0.140 e. The van der Waals surface area contributed by atoms with E-state index in [9.17, 15) is 10.2 Å². The molecule has 2 heterocycles. The minimum atomic E-state index is -0.215. The van der Waals surface area contributed by atoms with Gasteiger partial charge in [-0.3, -0.25) is 4.90 Å². The van der Waals surface area contributed by atoms with Crippen LogP contribution < -0.4 is 9.47 Å². The number of fused-ring (bicyclic) bond motifs is 1. The second kappa shape index (κ2) is 11.0. The van der Waals surface area contributed by atoms with Gasteiger partial charge >= 0.3 is 0 Å². The summed E-state index contributed by atoms with van der Waals surface area (Å²) in [5.41, 5.74) is 2.11. The summed E-state index contributed by atoms with van der Waals surface area (Å²) in [6, 6.07) is 21.2. The van der Waals surface area contributed by atoms with Crippen LogP contribution in [-0.4, -0.2) is 40.9 Å². The predicted molar refractivity (Wildman–Crippen MR) is 142 cm³/mol. The molecule has 5 nitrogen and oxygen atoms in total. The molecule has 0 aromatic heterocycles. The highest BCUT2D eigenvalue weighted by molar-refractivity contribution is 7.99. The Balaban J connectivity index is 0.00000289. The molecule has 0 unspecified atom stereocenters. The first-order chi connectivity index (χ1) is 16.5. The summed E-state index contributed by atoms with van der Waals surface area (Å²) in [5, 5.41) is 19.7. The number of phenolic OH excluding ortho intramolecular Hbond substituents is 2. The van der Waals surface area contributed by atoms with Crippen molar-refractivity contribution in [2.75, 3.05) is 19.7 Å².